The summed E-state index contributed by atoms with van der Waals surface area (Å²) in [5, 5.41) is 19.0. The Morgan fingerprint density at radius 1 is 1.08 bits per heavy atom. The van der Waals surface area contributed by atoms with Gasteiger partial charge in [-0.05, 0) is 30.5 Å². The lowest BCUT2D eigenvalue weighted by Crippen LogP contribution is -1.89. The van der Waals surface area contributed by atoms with E-state index in [-0.39, 0.29) is 17.4 Å². The molecular formula is C10H14O2. The van der Waals surface area contributed by atoms with Crippen molar-refractivity contribution in [3.05, 3.63) is 23.3 Å². The fourth-order valence-corrected chi connectivity index (χ4v) is 1.35. The molecule has 0 aliphatic rings. The molecule has 0 amide bonds. The topological polar surface area (TPSA) is 40.5 Å². The van der Waals surface area contributed by atoms with Gasteiger partial charge in [-0.3, -0.25) is 0 Å². The number of hydrogen-bond donors (Lipinski definition) is 2. The minimum Gasteiger partial charge on any atom is -0.508 e. The van der Waals surface area contributed by atoms with E-state index in [1.165, 1.54) is 0 Å². The van der Waals surface area contributed by atoms with Crippen LogP contribution in [0.5, 0.6) is 11.5 Å². The van der Waals surface area contributed by atoms with Crippen molar-refractivity contribution in [1.82, 2.24) is 0 Å². The number of aryl methyl sites for hydroxylation is 1. The minimum absolute atomic E-state index is 0.144. The second kappa shape index (κ2) is 3.05. The van der Waals surface area contributed by atoms with Crippen LogP contribution in [0.15, 0.2) is 12.1 Å². The van der Waals surface area contributed by atoms with Crippen LogP contribution in [-0.2, 0) is 0 Å². The maximum atomic E-state index is 9.48. The van der Waals surface area contributed by atoms with Gasteiger partial charge in [0.25, 0.3) is 0 Å². The molecule has 0 atom stereocenters. The molecule has 0 aliphatic heterocycles. The second-order valence-electron chi connectivity index (χ2n) is 3.37. The van der Waals surface area contributed by atoms with Crippen LogP contribution < -0.4 is 0 Å². The third-order valence-corrected chi connectivity index (χ3v) is 1.86. The average molecular weight is 166 g/mol. The van der Waals surface area contributed by atoms with Gasteiger partial charge in [0.1, 0.15) is 11.5 Å². The Hall–Kier alpha value is -1.18. The fraction of sp³-hybridized carbons (Fsp3) is 0.400. The van der Waals surface area contributed by atoms with E-state index in [1.54, 1.807) is 12.1 Å². The quantitative estimate of drug-likeness (QED) is 0.673. The summed E-state index contributed by atoms with van der Waals surface area (Å²) in [4.78, 5) is 0. The van der Waals surface area contributed by atoms with Crippen molar-refractivity contribution in [3.8, 4) is 11.5 Å². The van der Waals surface area contributed by atoms with E-state index >= 15 is 0 Å². The molecule has 0 heterocycles. The Bertz CT molecular complexity index is 267. The lowest BCUT2D eigenvalue weighted by atomic mass is 9.99. The predicted molar refractivity (Wildman–Crippen MR) is 48.6 cm³/mol. The molecule has 0 bridgehead atoms. The lowest BCUT2D eigenvalue weighted by molar-refractivity contribution is 0.432. The van der Waals surface area contributed by atoms with Gasteiger partial charge in [-0.25, -0.2) is 0 Å². The molecule has 0 saturated carbocycles. The molecule has 0 radical (unpaired) electrons. The monoisotopic (exact) mass is 166 g/mol. The van der Waals surface area contributed by atoms with Crippen LogP contribution >= 0.6 is 0 Å². The van der Waals surface area contributed by atoms with Crippen LogP contribution in [0, 0.1) is 6.92 Å². The molecule has 0 saturated heterocycles. The van der Waals surface area contributed by atoms with E-state index in [9.17, 15) is 10.2 Å². The lowest BCUT2D eigenvalue weighted by Gasteiger charge is -2.10. The van der Waals surface area contributed by atoms with Crippen LogP contribution in [0.2, 0.25) is 0 Å². The zero-order valence-corrected chi connectivity index (χ0v) is 7.63. The first-order valence-corrected chi connectivity index (χ1v) is 4.05. The first-order valence-electron chi connectivity index (χ1n) is 4.05. The number of benzene rings is 1. The maximum absolute atomic E-state index is 9.48. The molecule has 1 aromatic carbocycles. The molecule has 2 N–H and O–H groups in total. The summed E-state index contributed by atoms with van der Waals surface area (Å²) in [6.45, 7) is 5.71. The van der Waals surface area contributed by atoms with E-state index in [4.69, 9.17) is 0 Å². The van der Waals surface area contributed by atoms with E-state index in [2.05, 4.69) is 0 Å². The summed E-state index contributed by atoms with van der Waals surface area (Å²) in [6.07, 6.45) is 0. The fourth-order valence-electron chi connectivity index (χ4n) is 1.35. The summed E-state index contributed by atoms with van der Waals surface area (Å²) in [7, 11) is 0. The van der Waals surface area contributed by atoms with Crippen LogP contribution in [-0.4, -0.2) is 10.2 Å². The van der Waals surface area contributed by atoms with Crippen molar-refractivity contribution in [2.24, 2.45) is 0 Å². The number of aromatic hydroxyl groups is 2. The average Bonchev–Trinajstić information content (AvgIpc) is 1.82. The SMILES string of the molecule is Cc1cc(O)c(C(C)C)c(O)c1. The van der Waals surface area contributed by atoms with Gasteiger partial charge in [0.05, 0.1) is 0 Å². The highest BCUT2D eigenvalue weighted by Crippen LogP contribution is 2.34. The Morgan fingerprint density at radius 2 is 1.50 bits per heavy atom. The smallest absolute Gasteiger partial charge is 0.122 e. The number of phenols is 2. The van der Waals surface area contributed by atoms with Gasteiger partial charge in [0.2, 0.25) is 0 Å². The van der Waals surface area contributed by atoms with Crippen LogP contribution in [0.3, 0.4) is 0 Å². The number of hydrogen-bond acceptors (Lipinski definition) is 2. The maximum Gasteiger partial charge on any atom is 0.122 e. The summed E-state index contributed by atoms with van der Waals surface area (Å²) < 4.78 is 0. The normalized spacial score (nSPS) is 10.7. The molecule has 0 spiro atoms. The molecule has 0 aliphatic carbocycles. The third-order valence-electron chi connectivity index (χ3n) is 1.86. The van der Waals surface area contributed by atoms with Crippen molar-refractivity contribution in [2.45, 2.75) is 26.7 Å². The molecule has 2 nitrogen and oxygen atoms in total. The zero-order valence-electron chi connectivity index (χ0n) is 7.63. The second-order valence-corrected chi connectivity index (χ2v) is 3.37. The Labute approximate surface area is 72.5 Å². The van der Waals surface area contributed by atoms with Crippen molar-refractivity contribution in [2.75, 3.05) is 0 Å². The largest absolute Gasteiger partial charge is 0.508 e. The Morgan fingerprint density at radius 3 is 1.83 bits per heavy atom. The highest BCUT2D eigenvalue weighted by Gasteiger charge is 2.11. The highest BCUT2D eigenvalue weighted by atomic mass is 16.3. The third kappa shape index (κ3) is 1.52. The van der Waals surface area contributed by atoms with Gasteiger partial charge in [-0.1, -0.05) is 13.8 Å². The van der Waals surface area contributed by atoms with Gasteiger partial charge in [0, 0.05) is 5.56 Å². The first kappa shape index (κ1) is 8.91. The molecule has 1 aromatic rings. The molecule has 0 fully saturated rings. The Balaban J connectivity index is 3.28. The molecule has 12 heavy (non-hydrogen) atoms. The predicted octanol–water partition coefficient (Wildman–Crippen LogP) is 2.53. The van der Waals surface area contributed by atoms with Crippen molar-refractivity contribution >= 4 is 0 Å². The van der Waals surface area contributed by atoms with Crippen molar-refractivity contribution in [3.63, 3.8) is 0 Å². The van der Waals surface area contributed by atoms with E-state index in [0.717, 1.165) is 5.56 Å². The molecule has 66 valence electrons. The summed E-state index contributed by atoms with van der Waals surface area (Å²) in [5.74, 6) is 0.510. The van der Waals surface area contributed by atoms with Crippen molar-refractivity contribution < 1.29 is 10.2 Å². The molecule has 2 heteroatoms. The molecular weight excluding hydrogens is 152 g/mol. The number of rotatable bonds is 1. The Kier molecular flexibility index (Phi) is 2.27. The van der Waals surface area contributed by atoms with E-state index in [0.29, 0.717) is 5.56 Å². The van der Waals surface area contributed by atoms with E-state index < -0.39 is 0 Å². The standard InChI is InChI=1S/C10H14O2/c1-6(2)10-8(11)4-7(3)5-9(10)12/h4-6,11-12H,1-3H3. The van der Waals surface area contributed by atoms with Crippen LogP contribution in [0.4, 0.5) is 0 Å². The zero-order chi connectivity index (χ0) is 9.30. The van der Waals surface area contributed by atoms with Crippen LogP contribution in [0.1, 0.15) is 30.9 Å². The van der Waals surface area contributed by atoms with E-state index in [1.807, 2.05) is 20.8 Å². The van der Waals surface area contributed by atoms with Gasteiger partial charge < -0.3 is 10.2 Å². The first-order chi connectivity index (χ1) is 5.52. The highest BCUT2D eigenvalue weighted by molar-refractivity contribution is 5.47. The molecule has 0 unspecified atom stereocenters. The van der Waals surface area contributed by atoms with Gasteiger partial charge in [-0.2, -0.15) is 0 Å². The summed E-state index contributed by atoms with van der Waals surface area (Å²) >= 11 is 0. The van der Waals surface area contributed by atoms with Crippen LogP contribution in [0.25, 0.3) is 0 Å². The molecule has 1 rings (SSSR count). The molecule has 0 aromatic heterocycles. The number of phenolic OH excluding ortho intramolecular Hbond substituents is 2. The van der Waals surface area contributed by atoms with Gasteiger partial charge >= 0.3 is 0 Å². The van der Waals surface area contributed by atoms with Gasteiger partial charge in [0.15, 0.2) is 0 Å². The van der Waals surface area contributed by atoms with Gasteiger partial charge in [-0.15, -0.1) is 0 Å². The summed E-state index contributed by atoms with van der Waals surface area (Å²) in [6, 6.07) is 3.32. The van der Waals surface area contributed by atoms with Crippen molar-refractivity contribution in [1.29, 1.82) is 0 Å². The summed E-state index contributed by atoms with van der Waals surface area (Å²) in [5.41, 5.74) is 1.50. The minimum atomic E-state index is 0.144.